The number of amides is 2. The van der Waals surface area contributed by atoms with Gasteiger partial charge in [-0.1, -0.05) is 42.5 Å². The minimum atomic E-state index is -0.343. The summed E-state index contributed by atoms with van der Waals surface area (Å²) in [6.45, 7) is 0.393. The van der Waals surface area contributed by atoms with Gasteiger partial charge in [-0.2, -0.15) is 5.26 Å². The van der Waals surface area contributed by atoms with Crippen LogP contribution < -0.4 is 10.6 Å². The minimum absolute atomic E-state index is 0.175. The van der Waals surface area contributed by atoms with E-state index in [0.717, 1.165) is 11.1 Å². The molecule has 24 heavy (non-hydrogen) atoms. The van der Waals surface area contributed by atoms with Gasteiger partial charge in [-0.3, -0.25) is 9.59 Å². The van der Waals surface area contributed by atoms with Crippen molar-refractivity contribution in [3.8, 4) is 6.07 Å². The first kappa shape index (κ1) is 17.0. The van der Waals surface area contributed by atoms with Gasteiger partial charge in [0.15, 0.2) is 0 Å². The van der Waals surface area contributed by atoms with Crippen molar-refractivity contribution < 1.29 is 9.59 Å². The summed E-state index contributed by atoms with van der Waals surface area (Å²) in [7, 11) is 0. The second-order valence-electron chi connectivity index (χ2n) is 5.04. The van der Waals surface area contributed by atoms with Crippen molar-refractivity contribution in [1.29, 1.82) is 5.26 Å². The molecule has 0 fully saturated rings. The van der Waals surface area contributed by atoms with Crippen LogP contribution >= 0.6 is 0 Å². The van der Waals surface area contributed by atoms with Crippen LogP contribution in [0.4, 0.5) is 5.69 Å². The minimum Gasteiger partial charge on any atom is -0.348 e. The molecule has 5 nitrogen and oxygen atoms in total. The zero-order chi connectivity index (χ0) is 17.2. The van der Waals surface area contributed by atoms with Gasteiger partial charge in [0.1, 0.15) is 6.42 Å². The van der Waals surface area contributed by atoms with Gasteiger partial charge in [0.2, 0.25) is 11.8 Å². The summed E-state index contributed by atoms with van der Waals surface area (Å²) in [5.41, 5.74) is 2.49. The molecule has 120 valence electrons. The van der Waals surface area contributed by atoms with Crippen molar-refractivity contribution in [2.45, 2.75) is 13.0 Å². The van der Waals surface area contributed by atoms with E-state index in [0.29, 0.717) is 12.2 Å². The van der Waals surface area contributed by atoms with E-state index in [1.807, 2.05) is 42.5 Å². The first-order valence-corrected chi connectivity index (χ1v) is 7.44. The van der Waals surface area contributed by atoms with Crippen LogP contribution in [0.5, 0.6) is 0 Å². The molecule has 0 unspecified atom stereocenters. The largest absolute Gasteiger partial charge is 0.348 e. The van der Waals surface area contributed by atoms with Crippen LogP contribution in [-0.4, -0.2) is 11.8 Å². The Hall–Kier alpha value is -3.39. The van der Waals surface area contributed by atoms with Crippen LogP contribution in [0.25, 0.3) is 6.08 Å². The number of nitrogens with zero attached hydrogens (tertiary/aromatic N) is 1. The highest BCUT2D eigenvalue weighted by Gasteiger charge is 2.02. The molecule has 2 N–H and O–H groups in total. The van der Waals surface area contributed by atoms with Gasteiger partial charge in [-0.05, 0) is 29.3 Å². The Kier molecular flexibility index (Phi) is 6.30. The zero-order valence-electron chi connectivity index (χ0n) is 13.0. The van der Waals surface area contributed by atoms with Crippen molar-refractivity contribution in [2.75, 3.05) is 5.32 Å². The van der Waals surface area contributed by atoms with Crippen molar-refractivity contribution in [3.63, 3.8) is 0 Å². The van der Waals surface area contributed by atoms with Crippen molar-refractivity contribution in [2.24, 2.45) is 0 Å². The first-order valence-electron chi connectivity index (χ1n) is 7.44. The lowest BCUT2D eigenvalue weighted by Gasteiger charge is -2.06. The van der Waals surface area contributed by atoms with E-state index in [-0.39, 0.29) is 18.2 Å². The van der Waals surface area contributed by atoms with E-state index >= 15 is 0 Å². The van der Waals surface area contributed by atoms with E-state index in [1.54, 1.807) is 24.3 Å². The number of carbonyl (C=O) groups excluding carboxylic acids is 2. The lowest BCUT2D eigenvalue weighted by atomic mass is 10.2. The molecule has 2 amide bonds. The van der Waals surface area contributed by atoms with Gasteiger partial charge in [-0.15, -0.1) is 0 Å². The molecule has 2 rings (SSSR count). The molecule has 0 bridgehead atoms. The smallest absolute Gasteiger partial charge is 0.244 e. The van der Waals surface area contributed by atoms with Crippen molar-refractivity contribution in [3.05, 3.63) is 71.8 Å². The molecule has 0 saturated heterocycles. The van der Waals surface area contributed by atoms with E-state index in [9.17, 15) is 9.59 Å². The van der Waals surface area contributed by atoms with Crippen LogP contribution in [0.1, 0.15) is 17.5 Å². The lowest BCUT2D eigenvalue weighted by Crippen LogP contribution is -2.20. The quantitative estimate of drug-likeness (QED) is 0.803. The van der Waals surface area contributed by atoms with Gasteiger partial charge >= 0.3 is 0 Å². The molecular weight excluding hydrogens is 302 g/mol. The predicted molar refractivity (Wildman–Crippen MR) is 92.6 cm³/mol. The molecule has 0 heterocycles. The molecule has 2 aromatic rings. The van der Waals surface area contributed by atoms with Gasteiger partial charge in [0.05, 0.1) is 6.07 Å². The highest BCUT2D eigenvalue weighted by molar-refractivity contribution is 5.92. The maximum Gasteiger partial charge on any atom is 0.244 e. The standard InChI is InChI=1S/C19H17N3O2/c20-13-12-19(24)22-17-9-6-16(7-10-17)14-21-18(23)11-8-15-4-2-1-3-5-15/h1-11H,12,14H2,(H,21,23)(H,22,24)/b11-8+. The highest BCUT2D eigenvalue weighted by atomic mass is 16.2. The number of nitrogens with one attached hydrogen (secondary N) is 2. The van der Waals surface area contributed by atoms with Gasteiger partial charge < -0.3 is 10.6 Å². The topological polar surface area (TPSA) is 82.0 Å². The molecule has 0 aliphatic heterocycles. The molecule has 0 spiro atoms. The monoisotopic (exact) mass is 319 g/mol. The average molecular weight is 319 g/mol. The van der Waals surface area contributed by atoms with E-state index < -0.39 is 0 Å². The maximum absolute atomic E-state index is 11.8. The third-order valence-corrected chi connectivity index (χ3v) is 3.17. The summed E-state index contributed by atoms with van der Waals surface area (Å²) in [6, 6.07) is 18.5. The number of carbonyl (C=O) groups is 2. The summed E-state index contributed by atoms with van der Waals surface area (Å²) in [5, 5.41) is 13.8. The Morgan fingerprint density at radius 2 is 1.75 bits per heavy atom. The van der Waals surface area contributed by atoms with E-state index in [2.05, 4.69) is 10.6 Å². The Morgan fingerprint density at radius 1 is 1.04 bits per heavy atom. The summed E-state index contributed by atoms with van der Waals surface area (Å²) in [6.07, 6.45) is 3.07. The van der Waals surface area contributed by atoms with Gasteiger partial charge in [0, 0.05) is 18.3 Å². The zero-order valence-corrected chi connectivity index (χ0v) is 13.0. The van der Waals surface area contributed by atoms with E-state index in [1.165, 1.54) is 6.08 Å². The van der Waals surface area contributed by atoms with Crippen LogP contribution in [0.2, 0.25) is 0 Å². The van der Waals surface area contributed by atoms with E-state index in [4.69, 9.17) is 5.26 Å². The van der Waals surface area contributed by atoms with Crippen LogP contribution in [0.15, 0.2) is 60.7 Å². The third kappa shape index (κ3) is 5.78. The number of nitriles is 1. The summed E-state index contributed by atoms with van der Waals surface area (Å²) in [4.78, 5) is 23.1. The Morgan fingerprint density at radius 3 is 2.42 bits per heavy atom. The Balaban J connectivity index is 1.81. The average Bonchev–Trinajstić information content (AvgIpc) is 2.60. The van der Waals surface area contributed by atoms with Crippen molar-refractivity contribution >= 4 is 23.6 Å². The second kappa shape index (κ2) is 8.91. The van der Waals surface area contributed by atoms with Gasteiger partial charge in [0.25, 0.3) is 0 Å². The molecule has 0 atom stereocenters. The Bertz CT molecular complexity index is 759. The third-order valence-electron chi connectivity index (χ3n) is 3.17. The van der Waals surface area contributed by atoms with Gasteiger partial charge in [-0.25, -0.2) is 0 Å². The summed E-state index contributed by atoms with van der Waals surface area (Å²) < 4.78 is 0. The molecule has 0 aliphatic rings. The number of hydrogen-bond acceptors (Lipinski definition) is 3. The summed E-state index contributed by atoms with van der Waals surface area (Å²) >= 11 is 0. The fourth-order valence-electron chi connectivity index (χ4n) is 1.97. The number of hydrogen-bond donors (Lipinski definition) is 2. The second-order valence-corrected chi connectivity index (χ2v) is 5.04. The molecule has 0 aliphatic carbocycles. The van der Waals surface area contributed by atoms with Crippen molar-refractivity contribution in [1.82, 2.24) is 5.32 Å². The van der Waals surface area contributed by atoms with Crippen LogP contribution in [-0.2, 0) is 16.1 Å². The fraction of sp³-hybridized carbons (Fsp3) is 0.105. The predicted octanol–water partition coefficient (Wildman–Crippen LogP) is 2.87. The maximum atomic E-state index is 11.8. The number of anilines is 1. The molecule has 5 heteroatoms. The molecule has 0 aromatic heterocycles. The SMILES string of the molecule is N#CCC(=O)Nc1ccc(CNC(=O)/C=C/c2ccccc2)cc1. The van der Waals surface area contributed by atoms with Crippen LogP contribution in [0.3, 0.4) is 0 Å². The molecule has 0 saturated carbocycles. The molecular formula is C19H17N3O2. The fourth-order valence-corrected chi connectivity index (χ4v) is 1.97. The first-order chi connectivity index (χ1) is 11.7. The van der Waals surface area contributed by atoms with Crippen LogP contribution in [0, 0.1) is 11.3 Å². The molecule has 2 aromatic carbocycles. The number of rotatable bonds is 6. The summed E-state index contributed by atoms with van der Waals surface area (Å²) in [5.74, 6) is -0.519. The highest BCUT2D eigenvalue weighted by Crippen LogP contribution is 2.10. The Labute approximate surface area is 140 Å². The lowest BCUT2D eigenvalue weighted by molar-refractivity contribution is -0.117. The molecule has 0 radical (unpaired) electrons. The number of benzene rings is 2. The normalized spacial score (nSPS) is 10.1.